The molecule has 0 aliphatic carbocycles. The number of anilines is 2. The predicted octanol–water partition coefficient (Wildman–Crippen LogP) is 6.78. The Morgan fingerprint density at radius 1 is 0.907 bits per heavy atom. The number of aliphatic hydroxyl groups excluding tert-OH is 1. The fourth-order valence-electron chi connectivity index (χ4n) is 7.03. The Morgan fingerprint density at radius 3 is 2.43 bits per heavy atom. The first kappa shape index (κ1) is 38.2. The van der Waals surface area contributed by atoms with Crippen molar-refractivity contribution in [1.82, 2.24) is 10.3 Å². The van der Waals surface area contributed by atoms with Gasteiger partial charge in [0, 0.05) is 55.1 Å². The number of phenolic OH excluding ortho intramolecular Hbond substituents is 1. The number of pyridine rings is 1. The number of hydrogen-bond donors (Lipinski definition) is 6. The predicted molar refractivity (Wildman–Crippen MR) is 212 cm³/mol. The number of hydrogen-bond acceptors (Lipinski definition) is 7. The molecule has 2 amide bonds. The quantitative estimate of drug-likeness (QED) is 0.0730. The number of piperidine rings is 1. The Hall–Kier alpha value is -5.49. The van der Waals surface area contributed by atoms with E-state index in [9.17, 15) is 24.6 Å². The number of ether oxygens (including phenoxy) is 1. The molecule has 0 radical (unpaired) electrons. The normalized spacial score (nSPS) is 14.7. The summed E-state index contributed by atoms with van der Waals surface area (Å²) in [5, 5.41) is 30.9. The number of aliphatic hydroxyl groups is 1. The third kappa shape index (κ3) is 9.93. The number of benzene rings is 4. The molecule has 0 saturated carbocycles. The van der Waals surface area contributed by atoms with Gasteiger partial charge in [-0.2, -0.15) is 0 Å². The Kier molecular flexibility index (Phi) is 12.1. The second kappa shape index (κ2) is 17.1. The Balaban J connectivity index is 0.996. The van der Waals surface area contributed by atoms with Gasteiger partial charge in [-0.15, -0.1) is 0 Å². The fourth-order valence-corrected chi connectivity index (χ4v) is 7.03. The number of aryl methyl sites for hydroxylation is 2. The first-order chi connectivity index (χ1) is 25.9. The molecule has 1 fully saturated rings. The van der Waals surface area contributed by atoms with Crippen molar-refractivity contribution in [1.29, 1.82) is 0 Å². The number of fused-ring (bicyclic) bond motifs is 1. The smallest absolute Gasteiger partial charge is 0.411 e. The lowest BCUT2D eigenvalue weighted by atomic mass is 9.99. The number of nitrogens with zero attached hydrogens (tertiary/aromatic N) is 1. The molecule has 11 heteroatoms. The molecular weight excluding hydrogens is 683 g/mol. The molecule has 0 spiro atoms. The van der Waals surface area contributed by atoms with E-state index in [1.807, 2.05) is 73.7 Å². The molecule has 11 nitrogen and oxygen atoms in total. The first-order valence-electron chi connectivity index (χ1n) is 18.6. The highest BCUT2D eigenvalue weighted by Crippen LogP contribution is 2.31. The number of aromatic nitrogens is 1. The van der Waals surface area contributed by atoms with Crippen LogP contribution in [0.5, 0.6) is 5.75 Å². The summed E-state index contributed by atoms with van der Waals surface area (Å²) in [5.41, 5.74) is 6.82. The van der Waals surface area contributed by atoms with Crippen LogP contribution in [0.3, 0.4) is 0 Å². The molecule has 6 rings (SSSR count). The van der Waals surface area contributed by atoms with E-state index in [1.54, 1.807) is 12.1 Å². The summed E-state index contributed by atoms with van der Waals surface area (Å²) in [4.78, 5) is 40.3. The zero-order valence-corrected chi connectivity index (χ0v) is 31.2. The lowest BCUT2D eigenvalue weighted by molar-refractivity contribution is -0.896. The van der Waals surface area contributed by atoms with Crippen molar-refractivity contribution in [2.45, 2.75) is 57.8 Å². The van der Waals surface area contributed by atoms with Gasteiger partial charge in [0.15, 0.2) is 0 Å². The number of H-pyrrole nitrogens is 1. The van der Waals surface area contributed by atoms with E-state index in [2.05, 4.69) is 35.0 Å². The van der Waals surface area contributed by atoms with Gasteiger partial charge in [0.1, 0.15) is 11.9 Å². The molecule has 54 heavy (non-hydrogen) atoms. The van der Waals surface area contributed by atoms with Crippen molar-refractivity contribution in [2.75, 3.05) is 44.4 Å². The Bertz CT molecular complexity index is 2160. The fraction of sp³-hybridized carbons (Fsp3) is 0.326. The minimum Gasteiger partial charge on any atom is -0.506 e. The maximum absolute atomic E-state index is 13.0. The van der Waals surface area contributed by atoms with Crippen molar-refractivity contribution in [3.63, 3.8) is 0 Å². The van der Waals surface area contributed by atoms with E-state index in [4.69, 9.17) is 4.74 Å². The molecule has 1 aromatic heterocycles. The summed E-state index contributed by atoms with van der Waals surface area (Å²) < 4.78 is 6.76. The number of amides is 2. The number of carbonyl (C=O) groups excluding carboxylic acids is 2. The molecule has 2 heterocycles. The lowest BCUT2D eigenvalue weighted by Crippen LogP contribution is -2.48. The summed E-state index contributed by atoms with van der Waals surface area (Å²) in [5.74, 6) is -0.130. The van der Waals surface area contributed by atoms with Crippen LogP contribution in [-0.2, 0) is 22.5 Å². The largest absolute Gasteiger partial charge is 0.506 e. The number of quaternary nitrogens is 1. The summed E-state index contributed by atoms with van der Waals surface area (Å²) in [7, 11) is 4.39. The van der Waals surface area contributed by atoms with Gasteiger partial charge in [-0.25, -0.2) is 4.79 Å². The number of aromatic hydroxyl groups is 1. The van der Waals surface area contributed by atoms with Gasteiger partial charge in [-0.3, -0.25) is 14.9 Å². The zero-order chi connectivity index (χ0) is 38.2. The number of rotatable bonds is 13. The van der Waals surface area contributed by atoms with Crippen LogP contribution in [0.25, 0.3) is 22.0 Å². The van der Waals surface area contributed by atoms with Crippen LogP contribution >= 0.6 is 0 Å². The third-order valence-electron chi connectivity index (χ3n) is 10.2. The Labute approximate surface area is 315 Å². The van der Waals surface area contributed by atoms with Crippen LogP contribution in [0.4, 0.5) is 16.2 Å². The van der Waals surface area contributed by atoms with Crippen LogP contribution in [0, 0.1) is 6.92 Å². The molecule has 1 atom stereocenters. The van der Waals surface area contributed by atoms with E-state index in [0.29, 0.717) is 48.0 Å². The van der Waals surface area contributed by atoms with Crippen molar-refractivity contribution in [2.24, 2.45) is 0 Å². The highest BCUT2D eigenvalue weighted by Gasteiger charge is 2.28. The van der Waals surface area contributed by atoms with Gasteiger partial charge < -0.3 is 35.1 Å². The van der Waals surface area contributed by atoms with E-state index in [1.165, 1.54) is 12.1 Å². The van der Waals surface area contributed by atoms with E-state index < -0.39 is 12.2 Å². The van der Waals surface area contributed by atoms with Gasteiger partial charge in [0.05, 0.1) is 44.5 Å². The molecule has 6 N–H and O–H groups in total. The second-order valence-corrected chi connectivity index (χ2v) is 14.8. The van der Waals surface area contributed by atoms with E-state index in [0.717, 1.165) is 63.9 Å². The highest BCUT2D eigenvalue weighted by atomic mass is 16.6. The average Bonchev–Trinajstić information content (AvgIpc) is 3.14. The number of phenols is 1. The molecule has 1 aliphatic rings. The monoisotopic (exact) mass is 732 g/mol. The summed E-state index contributed by atoms with van der Waals surface area (Å²) >= 11 is 0. The van der Waals surface area contributed by atoms with Crippen molar-refractivity contribution < 1.29 is 29.0 Å². The topological polar surface area (TPSA) is 153 Å². The molecular formula is C43H50N5O6+. The van der Waals surface area contributed by atoms with Crippen molar-refractivity contribution in [3.05, 3.63) is 124 Å². The number of likely N-dealkylation sites (tertiary alicyclic amines) is 1. The summed E-state index contributed by atoms with van der Waals surface area (Å²) in [6.07, 6.45) is 1.91. The lowest BCUT2D eigenvalue weighted by Gasteiger charge is -2.36. The average molecular weight is 733 g/mol. The molecule has 5 aromatic rings. The van der Waals surface area contributed by atoms with Gasteiger partial charge >= 0.3 is 6.09 Å². The second-order valence-electron chi connectivity index (χ2n) is 14.8. The molecule has 0 unspecified atom stereocenters. The van der Waals surface area contributed by atoms with E-state index in [-0.39, 0.29) is 29.9 Å². The SMILES string of the molecule is Cc1cc(CNC[C@H](O)c2ccc(O)c3[nH]c(=O)ccc23)ccc1NC(=O)CCCc1ccc(-c2ccccc2)c(NC(=O)OC2CC[N+](C)(C)CC2)c1. The highest BCUT2D eigenvalue weighted by molar-refractivity contribution is 5.93. The number of carbonyl (C=O) groups is 2. The number of aromatic amines is 1. The van der Waals surface area contributed by atoms with Gasteiger partial charge in [0.2, 0.25) is 11.5 Å². The molecule has 4 aromatic carbocycles. The van der Waals surface area contributed by atoms with Crippen LogP contribution in [0.1, 0.15) is 54.0 Å². The molecule has 1 saturated heterocycles. The minimum atomic E-state index is -0.862. The van der Waals surface area contributed by atoms with Crippen molar-refractivity contribution >= 4 is 34.3 Å². The van der Waals surface area contributed by atoms with Crippen LogP contribution in [0.15, 0.2) is 95.8 Å². The zero-order valence-electron chi connectivity index (χ0n) is 31.2. The summed E-state index contributed by atoms with van der Waals surface area (Å²) in [6, 6.07) is 27.9. The van der Waals surface area contributed by atoms with Crippen molar-refractivity contribution in [3.8, 4) is 16.9 Å². The standard InChI is InChI=1S/C43H49N5O6/c1-28-24-30(26-44-27-39(50)34-15-18-38(49)42-35(34)16-19-41(52)47-42)13-17-36(28)45-40(51)11-7-8-29-12-14-33(31-9-5-4-6-10-31)37(25-29)46-43(53)54-32-20-22-48(2,3)23-21-32/h4-6,9-10,12-19,24-25,32,39,44,50H,7-8,11,20-23,26-27H2,1-3H3,(H3-,45,46,47,49,51,52,53)/p+1/t39-/m0/s1. The van der Waals surface area contributed by atoms with E-state index >= 15 is 0 Å². The van der Waals surface area contributed by atoms with Crippen LogP contribution in [-0.4, -0.2) is 71.5 Å². The summed E-state index contributed by atoms with van der Waals surface area (Å²) in [6.45, 7) is 4.64. The minimum absolute atomic E-state index is 0.0524. The Morgan fingerprint density at radius 2 is 1.67 bits per heavy atom. The number of nitrogens with one attached hydrogen (secondary N) is 4. The third-order valence-corrected chi connectivity index (χ3v) is 10.2. The van der Waals surface area contributed by atoms with Gasteiger partial charge in [-0.1, -0.05) is 60.7 Å². The maximum Gasteiger partial charge on any atom is 0.411 e. The molecule has 282 valence electrons. The maximum atomic E-state index is 13.0. The van der Waals surface area contributed by atoms with Crippen LogP contribution < -0.4 is 21.5 Å². The molecule has 0 bridgehead atoms. The van der Waals surface area contributed by atoms with Gasteiger partial charge in [0.25, 0.3) is 0 Å². The van der Waals surface area contributed by atoms with Gasteiger partial charge in [-0.05, 0) is 71.8 Å². The first-order valence-corrected chi connectivity index (χ1v) is 18.6. The van der Waals surface area contributed by atoms with Crippen LogP contribution in [0.2, 0.25) is 0 Å². The molecule has 1 aliphatic heterocycles.